The average molecular weight is 228 g/mol. The van der Waals surface area contributed by atoms with Gasteiger partial charge < -0.3 is 0 Å². The first kappa shape index (κ1) is 11.3. The quantitative estimate of drug-likeness (QED) is 0.501. The Morgan fingerprint density at radius 1 is 0.647 bits per heavy atom. The van der Waals surface area contributed by atoms with E-state index in [4.69, 9.17) is 0 Å². The van der Waals surface area contributed by atoms with E-state index < -0.39 is 0 Å². The van der Waals surface area contributed by atoms with E-state index in [0.717, 1.165) is 11.8 Å². The summed E-state index contributed by atoms with van der Waals surface area (Å²) in [6, 6.07) is 0. The lowest BCUT2D eigenvalue weighted by atomic mass is 9.86. The fraction of sp³-hybridized carbons (Fsp3) is 0.647. The van der Waals surface area contributed by atoms with Crippen LogP contribution in [0.2, 0.25) is 0 Å². The molecule has 3 aliphatic carbocycles. The highest BCUT2D eigenvalue weighted by Crippen LogP contribution is 2.51. The molecule has 0 aliphatic heterocycles. The van der Waals surface area contributed by atoms with Crippen molar-refractivity contribution in [1.82, 2.24) is 0 Å². The van der Waals surface area contributed by atoms with Crippen molar-refractivity contribution >= 4 is 0 Å². The normalized spacial score (nSPS) is 33.4. The maximum atomic E-state index is 2.41. The summed E-state index contributed by atoms with van der Waals surface area (Å²) in [5.74, 6) is 1.96. The molecule has 0 heteroatoms. The fourth-order valence-corrected chi connectivity index (χ4v) is 4.01. The van der Waals surface area contributed by atoms with Crippen LogP contribution in [0.3, 0.4) is 0 Å². The molecule has 92 valence electrons. The van der Waals surface area contributed by atoms with E-state index in [1.165, 1.54) is 57.8 Å². The van der Waals surface area contributed by atoms with E-state index in [2.05, 4.69) is 24.3 Å². The lowest BCUT2D eigenvalue weighted by Crippen LogP contribution is -2.03. The second kappa shape index (κ2) is 5.25. The first-order valence-corrected chi connectivity index (χ1v) is 7.47. The van der Waals surface area contributed by atoms with Gasteiger partial charge in [0.1, 0.15) is 0 Å². The molecule has 0 spiro atoms. The largest absolute Gasteiger partial charge is 0.0882 e. The molecule has 0 aromatic carbocycles. The van der Waals surface area contributed by atoms with Crippen molar-refractivity contribution in [3.63, 3.8) is 0 Å². The molecule has 0 saturated heterocycles. The van der Waals surface area contributed by atoms with Crippen molar-refractivity contribution < 1.29 is 0 Å². The molecule has 0 nitrogen and oxygen atoms in total. The third-order valence-electron chi connectivity index (χ3n) is 4.82. The second-order valence-electron chi connectivity index (χ2n) is 5.85. The number of hydrogen-bond donors (Lipinski definition) is 0. The molecule has 0 aromatic rings. The molecule has 0 heterocycles. The van der Waals surface area contributed by atoms with Crippen molar-refractivity contribution in [2.45, 2.75) is 57.8 Å². The Balaban J connectivity index is 1.77. The maximum absolute atomic E-state index is 2.41. The highest BCUT2D eigenvalue weighted by molar-refractivity contribution is 5.30. The predicted molar refractivity (Wildman–Crippen MR) is 73.8 cm³/mol. The summed E-state index contributed by atoms with van der Waals surface area (Å²) >= 11 is 0. The number of fused-ring (bicyclic) bond motifs is 4. The number of rotatable bonds is 0. The molecule has 2 atom stereocenters. The van der Waals surface area contributed by atoms with Gasteiger partial charge in [-0.2, -0.15) is 0 Å². The maximum Gasteiger partial charge on any atom is -0.0194 e. The van der Waals surface area contributed by atoms with Crippen LogP contribution in [0.4, 0.5) is 0 Å². The van der Waals surface area contributed by atoms with Gasteiger partial charge in [-0.1, -0.05) is 35.5 Å². The summed E-state index contributed by atoms with van der Waals surface area (Å²) in [6.07, 6.45) is 21.8. The lowest BCUT2D eigenvalue weighted by molar-refractivity contribution is 0.605. The molecule has 2 unspecified atom stereocenters. The Morgan fingerprint density at radius 2 is 1.12 bits per heavy atom. The van der Waals surface area contributed by atoms with Gasteiger partial charge in [0.2, 0.25) is 0 Å². The summed E-state index contributed by atoms with van der Waals surface area (Å²) in [5, 5.41) is 0. The van der Waals surface area contributed by atoms with Crippen molar-refractivity contribution in [3.05, 3.63) is 35.5 Å². The topological polar surface area (TPSA) is 0 Å². The van der Waals surface area contributed by atoms with Crippen molar-refractivity contribution in [2.75, 3.05) is 0 Å². The Hall–Kier alpha value is -0.780. The van der Waals surface area contributed by atoms with Crippen LogP contribution in [0.5, 0.6) is 0 Å². The van der Waals surface area contributed by atoms with Gasteiger partial charge in [-0.15, -0.1) is 0 Å². The molecule has 0 N–H and O–H groups in total. The van der Waals surface area contributed by atoms with Gasteiger partial charge >= 0.3 is 0 Å². The minimum atomic E-state index is 0.982. The third-order valence-corrected chi connectivity index (χ3v) is 4.82. The average Bonchev–Trinajstić information content (AvgIpc) is 2.89. The van der Waals surface area contributed by atoms with Crippen molar-refractivity contribution in [3.8, 4) is 0 Å². The molecule has 1 saturated carbocycles. The molecule has 0 amide bonds. The van der Waals surface area contributed by atoms with Crippen LogP contribution in [0.1, 0.15) is 57.8 Å². The summed E-state index contributed by atoms with van der Waals surface area (Å²) in [4.78, 5) is 0. The lowest BCUT2D eigenvalue weighted by Gasteiger charge is -2.19. The first-order valence-electron chi connectivity index (χ1n) is 7.47. The molecular formula is C17H24. The van der Waals surface area contributed by atoms with Crippen LogP contribution in [-0.4, -0.2) is 0 Å². The van der Waals surface area contributed by atoms with E-state index >= 15 is 0 Å². The van der Waals surface area contributed by atoms with Crippen molar-refractivity contribution in [2.24, 2.45) is 11.8 Å². The predicted octanol–water partition coefficient (Wildman–Crippen LogP) is 5.18. The minimum absolute atomic E-state index is 0.982. The zero-order chi connectivity index (χ0) is 11.5. The monoisotopic (exact) mass is 228 g/mol. The van der Waals surface area contributed by atoms with Crippen LogP contribution < -0.4 is 0 Å². The molecule has 3 rings (SSSR count). The molecule has 1 fully saturated rings. The van der Waals surface area contributed by atoms with E-state index in [0.29, 0.717) is 0 Å². The molecule has 0 aromatic heterocycles. The second-order valence-corrected chi connectivity index (χ2v) is 5.85. The highest BCUT2D eigenvalue weighted by Gasteiger charge is 2.37. The fourth-order valence-electron chi connectivity index (χ4n) is 4.01. The van der Waals surface area contributed by atoms with E-state index in [1.807, 2.05) is 11.1 Å². The van der Waals surface area contributed by atoms with Crippen LogP contribution >= 0.6 is 0 Å². The SMILES string of the molecule is C1=CCCC2=C(CCC=CCC1)C1CCC2C1. The molecule has 3 aliphatic rings. The van der Waals surface area contributed by atoms with Gasteiger partial charge in [-0.25, -0.2) is 0 Å². The Kier molecular flexibility index (Phi) is 3.49. The van der Waals surface area contributed by atoms with Crippen LogP contribution in [0.15, 0.2) is 35.5 Å². The summed E-state index contributed by atoms with van der Waals surface area (Å²) in [7, 11) is 0. The van der Waals surface area contributed by atoms with E-state index in [-0.39, 0.29) is 0 Å². The Bertz CT molecular complexity index is 322. The van der Waals surface area contributed by atoms with Crippen LogP contribution in [-0.2, 0) is 0 Å². The van der Waals surface area contributed by atoms with Crippen molar-refractivity contribution in [1.29, 1.82) is 0 Å². The van der Waals surface area contributed by atoms with Gasteiger partial charge in [0, 0.05) is 0 Å². The Labute approximate surface area is 105 Å². The summed E-state index contributed by atoms with van der Waals surface area (Å²) in [6.45, 7) is 0. The van der Waals surface area contributed by atoms with Gasteiger partial charge in [0.05, 0.1) is 0 Å². The molecule has 2 bridgehead atoms. The smallest absolute Gasteiger partial charge is 0.0194 e. The van der Waals surface area contributed by atoms with Gasteiger partial charge in [0.15, 0.2) is 0 Å². The first-order chi connectivity index (χ1) is 8.45. The number of hydrogen-bond acceptors (Lipinski definition) is 0. The number of allylic oxidation sites excluding steroid dienone is 6. The van der Waals surface area contributed by atoms with E-state index in [1.54, 1.807) is 0 Å². The highest BCUT2D eigenvalue weighted by atomic mass is 14.4. The van der Waals surface area contributed by atoms with Crippen LogP contribution in [0.25, 0.3) is 0 Å². The van der Waals surface area contributed by atoms with Gasteiger partial charge in [-0.3, -0.25) is 0 Å². The van der Waals surface area contributed by atoms with Crippen LogP contribution in [0, 0.1) is 11.8 Å². The molecule has 0 radical (unpaired) electrons. The minimum Gasteiger partial charge on any atom is -0.0882 e. The summed E-state index contributed by atoms with van der Waals surface area (Å²) in [5.41, 5.74) is 3.75. The van der Waals surface area contributed by atoms with Gasteiger partial charge in [0.25, 0.3) is 0 Å². The summed E-state index contributed by atoms with van der Waals surface area (Å²) < 4.78 is 0. The molecule has 17 heavy (non-hydrogen) atoms. The molecular weight excluding hydrogens is 204 g/mol. The zero-order valence-corrected chi connectivity index (χ0v) is 10.8. The zero-order valence-electron chi connectivity index (χ0n) is 10.8. The van der Waals surface area contributed by atoms with E-state index in [9.17, 15) is 0 Å². The Morgan fingerprint density at radius 3 is 1.65 bits per heavy atom. The third kappa shape index (κ3) is 2.41. The standard InChI is InChI=1S/C17H24/c1-2-4-6-8-10-17-15-12-11-14(13-15)16(17)9-7-5-3-1/h3-6,14-15H,1-2,7-13H2. The van der Waals surface area contributed by atoms with Gasteiger partial charge in [-0.05, 0) is 69.6 Å².